The second-order valence-corrected chi connectivity index (χ2v) is 4.00. The van der Waals surface area contributed by atoms with E-state index in [0.29, 0.717) is 5.92 Å². The molecule has 0 bridgehead atoms. The van der Waals surface area contributed by atoms with E-state index in [2.05, 4.69) is 13.8 Å². The smallest absolute Gasteiger partial charge is 0.194 e. The Morgan fingerprint density at radius 1 is 1.29 bits per heavy atom. The first-order valence-electron chi connectivity index (χ1n) is 4.95. The molecule has 0 saturated carbocycles. The standard InChI is InChI=1S/C12H14O2/c1-8(2)11-12(14-11)10(13)9-6-4-3-5-7-9/h3-8,11-12H,1-2H3/t11-,12+/m1/s1. The lowest BCUT2D eigenvalue weighted by Gasteiger charge is -1.98. The summed E-state index contributed by atoms with van der Waals surface area (Å²) in [5.74, 6) is 0.539. The Kier molecular flexibility index (Phi) is 2.38. The van der Waals surface area contributed by atoms with Gasteiger partial charge in [-0.15, -0.1) is 0 Å². The van der Waals surface area contributed by atoms with Gasteiger partial charge in [-0.3, -0.25) is 4.79 Å². The molecule has 2 atom stereocenters. The quantitative estimate of drug-likeness (QED) is 0.540. The number of ketones is 1. The van der Waals surface area contributed by atoms with Crippen molar-refractivity contribution in [2.24, 2.45) is 5.92 Å². The van der Waals surface area contributed by atoms with Crippen molar-refractivity contribution in [3.05, 3.63) is 35.9 Å². The third kappa shape index (κ3) is 1.70. The van der Waals surface area contributed by atoms with Gasteiger partial charge in [0.15, 0.2) is 5.78 Å². The van der Waals surface area contributed by atoms with Crippen LogP contribution in [0.5, 0.6) is 0 Å². The van der Waals surface area contributed by atoms with Crippen molar-refractivity contribution < 1.29 is 9.53 Å². The summed E-state index contributed by atoms with van der Waals surface area (Å²) >= 11 is 0. The highest BCUT2D eigenvalue weighted by Crippen LogP contribution is 2.31. The van der Waals surface area contributed by atoms with Gasteiger partial charge in [0.25, 0.3) is 0 Å². The fraction of sp³-hybridized carbons (Fsp3) is 0.417. The van der Waals surface area contributed by atoms with Gasteiger partial charge in [0.1, 0.15) is 6.10 Å². The molecule has 1 saturated heterocycles. The number of epoxide rings is 1. The SMILES string of the molecule is CC(C)[C@H]1O[C@H]1C(=O)c1ccccc1. The highest BCUT2D eigenvalue weighted by atomic mass is 16.6. The van der Waals surface area contributed by atoms with Crippen LogP contribution < -0.4 is 0 Å². The van der Waals surface area contributed by atoms with Crippen LogP contribution in [0.3, 0.4) is 0 Å². The van der Waals surface area contributed by atoms with Crippen molar-refractivity contribution in [1.82, 2.24) is 0 Å². The maximum Gasteiger partial charge on any atom is 0.194 e. The van der Waals surface area contributed by atoms with Crippen LogP contribution in [0.25, 0.3) is 0 Å². The molecular formula is C12H14O2. The van der Waals surface area contributed by atoms with Crippen LogP contribution in [0.1, 0.15) is 24.2 Å². The molecule has 1 heterocycles. The number of Topliss-reactive ketones (excluding diaryl/α,β-unsaturated/α-hetero) is 1. The number of ether oxygens (including phenoxy) is 1. The zero-order valence-electron chi connectivity index (χ0n) is 8.44. The van der Waals surface area contributed by atoms with Gasteiger partial charge in [-0.25, -0.2) is 0 Å². The fourth-order valence-corrected chi connectivity index (χ4v) is 1.61. The minimum atomic E-state index is -0.197. The predicted molar refractivity (Wildman–Crippen MR) is 54.3 cm³/mol. The number of hydrogen-bond donors (Lipinski definition) is 0. The summed E-state index contributed by atoms with van der Waals surface area (Å²) in [7, 11) is 0. The lowest BCUT2D eigenvalue weighted by molar-refractivity contribution is 0.0953. The van der Waals surface area contributed by atoms with Crippen LogP contribution in [0, 0.1) is 5.92 Å². The molecule has 1 aromatic carbocycles. The van der Waals surface area contributed by atoms with Crippen LogP contribution in [0.15, 0.2) is 30.3 Å². The summed E-state index contributed by atoms with van der Waals surface area (Å²) in [5, 5.41) is 0. The Morgan fingerprint density at radius 3 is 2.43 bits per heavy atom. The van der Waals surface area contributed by atoms with E-state index >= 15 is 0 Å². The molecule has 0 aromatic heterocycles. The molecule has 0 aliphatic carbocycles. The van der Waals surface area contributed by atoms with Crippen molar-refractivity contribution in [1.29, 1.82) is 0 Å². The Morgan fingerprint density at radius 2 is 1.93 bits per heavy atom. The van der Waals surface area contributed by atoms with Crippen LogP contribution in [-0.4, -0.2) is 18.0 Å². The van der Waals surface area contributed by atoms with E-state index < -0.39 is 0 Å². The molecule has 2 heteroatoms. The van der Waals surface area contributed by atoms with Crippen molar-refractivity contribution in [2.75, 3.05) is 0 Å². The van der Waals surface area contributed by atoms with Crippen molar-refractivity contribution in [3.63, 3.8) is 0 Å². The number of benzene rings is 1. The van der Waals surface area contributed by atoms with Crippen molar-refractivity contribution >= 4 is 5.78 Å². The largest absolute Gasteiger partial charge is 0.361 e. The number of hydrogen-bond acceptors (Lipinski definition) is 2. The van der Waals surface area contributed by atoms with E-state index in [4.69, 9.17) is 4.74 Å². The molecule has 0 radical (unpaired) electrons. The van der Waals surface area contributed by atoms with Gasteiger partial charge in [-0.1, -0.05) is 44.2 Å². The molecule has 2 nitrogen and oxygen atoms in total. The summed E-state index contributed by atoms with van der Waals surface area (Å²) in [6.07, 6.45) is -0.0693. The minimum absolute atomic E-state index is 0.115. The van der Waals surface area contributed by atoms with Crippen LogP contribution in [0.4, 0.5) is 0 Å². The molecule has 0 unspecified atom stereocenters. The molecule has 14 heavy (non-hydrogen) atoms. The van der Waals surface area contributed by atoms with Crippen molar-refractivity contribution in [3.8, 4) is 0 Å². The molecular weight excluding hydrogens is 176 g/mol. The average Bonchev–Trinajstić information content (AvgIpc) is 2.97. The molecule has 74 valence electrons. The normalized spacial score (nSPS) is 25.1. The summed E-state index contributed by atoms with van der Waals surface area (Å²) < 4.78 is 5.35. The second kappa shape index (κ2) is 3.54. The van der Waals surface area contributed by atoms with Crippen LogP contribution in [-0.2, 0) is 4.74 Å². The maximum atomic E-state index is 11.8. The first-order valence-corrected chi connectivity index (χ1v) is 4.95. The molecule has 1 aromatic rings. The van der Waals surface area contributed by atoms with Crippen molar-refractivity contribution in [2.45, 2.75) is 26.1 Å². The van der Waals surface area contributed by atoms with Gasteiger partial charge < -0.3 is 4.74 Å². The summed E-state index contributed by atoms with van der Waals surface area (Å²) in [4.78, 5) is 11.8. The summed E-state index contributed by atoms with van der Waals surface area (Å²) in [6, 6.07) is 9.33. The highest BCUT2D eigenvalue weighted by Gasteiger charge is 2.46. The zero-order valence-corrected chi connectivity index (χ0v) is 8.44. The van der Waals surface area contributed by atoms with E-state index in [1.807, 2.05) is 30.3 Å². The van der Waals surface area contributed by atoms with Gasteiger partial charge in [0.2, 0.25) is 0 Å². The Hall–Kier alpha value is -1.15. The molecule has 0 spiro atoms. The third-order valence-electron chi connectivity index (χ3n) is 2.50. The predicted octanol–water partition coefficient (Wildman–Crippen LogP) is 2.29. The first-order chi connectivity index (χ1) is 6.70. The topological polar surface area (TPSA) is 29.6 Å². The van der Waals surface area contributed by atoms with Gasteiger partial charge in [-0.05, 0) is 5.92 Å². The lowest BCUT2D eigenvalue weighted by atomic mass is 10.0. The van der Waals surface area contributed by atoms with Gasteiger partial charge >= 0.3 is 0 Å². The average molecular weight is 190 g/mol. The summed E-state index contributed by atoms with van der Waals surface area (Å²) in [5.41, 5.74) is 0.751. The van der Waals surface area contributed by atoms with Gasteiger partial charge in [-0.2, -0.15) is 0 Å². The van der Waals surface area contributed by atoms with Gasteiger partial charge in [0.05, 0.1) is 6.10 Å². The molecule has 0 amide bonds. The molecule has 0 N–H and O–H groups in total. The maximum absolute atomic E-state index is 11.8. The molecule has 2 rings (SSSR count). The van der Waals surface area contributed by atoms with E-state index in [9.17, 15) is 4.79 Å². The lowest BCUT2D eigenvalue weighted by Crippen LogP contribution is -2.13. The molecule has 1 aliphatic rings. The van der Waals surface area contributed by atoms with Crippen LogP contribution in [0.2, 0.25) is 0 Å². The minimum Gasteiger partial charge on any atom is -0.361 e. The molecule has 1 aliphatic heterocycles. The second-order valence-electron chi connectivity index (χ2n) is 4.00. The fourth-order valence-electron chi connectivity index (χ4n) is 1.61. The zero-order chi connectivity index (χ0) is 10.1. The summed E-state index contributed by atoms with van der Waals surface area (Å²) in [6.45, 7) is 4.14. The highest BCUT2D eigenvalue weighted by molar-refractivity contribution is 6.01. The Labute approximate surface area is 83.9 Å². The Balaban J connectivity index is 2.05. The number of carbonyl (C=O) groups is 1. The van der Waals surface area contributed by atoms with Crippen LogP contribution >= 0.6 is 0 Å². The van der Waals surface area contributed by atoms with E-state index in [1.54, 1.807) is 0 Å². The first kappa shape index (κ1) is 9.41. The number of carbonyl (C=O) groups excluding carboxylic acids is 1. The third-order valence-corrected chi connectivity index (χ3v) is 2.50. The number of rotatable bonds is 3. The van der Waals surface area contributed by atoms with E-state index in [1.165, 1.54) is 0 Å². The molecule has 1 fully saturated rings. The monoisotopic (exact) mass is 190 g/mol. The van der Waals surface area contributed by atoms with E-state index in [-0.39, 0.29) is 18.0 Å². The Bertz CT molecular complexity index is 329. The van der Waals surface area contributed by atoms with E-state index in [0.717, 1.165) is 5.56 Å². The van der Waals surface area contributed by atoms with Gasteiger partial charge in [0, 0.05) is 5.56 Å².